The van der Waals surface area contributed by atoms with Crippen LogP contribution >= 0.6 is 11.3 Å². The number of hydrogen-bond donors (Lipinski definition) is 1. The van der Waals surface area contributed by atoms with Gasteiger partial charge in [-0.15, -0.1) is 11.3 Å². The average Bonchev–Trinajstić information content (AvgIpc) is 3.12. The van der Waals surface area contributed by atoms with Crippen molar-refractivity contribution in [1.29, 1.82) is 0 Å². The smallest absolute Gasteiger partial charge is 0.306 e. The van der Waals surface area contributed by atoms with Gasteiger partial charge in [-0.05, 0) is 24.3 Å². The maximum Gasteiger partial charge on any atom is 0.306 e. The standard InChI is InChI=1S/C15H20N2O6S2/c18-14(16-4-1-11(2-5-16)15(19)20)13-12(3-10-24-13)25(21,22)17-6-8-23-9-7-17/h3,10-11H,1-2,4-9H2,(H,19,20). The van der Waals surface area contributed by atoms with E-state index in [9.17, 15) is 18.0 Å². The highest BCUT2D eigenvalue weighted by atomic mass is 32.2. The van der Waals surface area contributed by atoms with Gasteiger partial charge in [-0.3, -0.25) is 9.59 Å². The largest absolute Gasteiger partial charge is 0.481 e. The lowest BCUT2D eigenvalue weighted by Crippen LogP contribution is -2.42. The molecule has 10 heteroatoms. The molecule has 0 radical (unpaired) electrons. The lowest BCUT2D eigenvalue weighted by atomic mass is 9.97. The van der Waals surface area contributed by atoms with Gasteiger partial charge in [-0.1, -0.05) is 0 Å². The lowest BCUT2D eigenvalue weighted by molar-refractivity contribution is -0.143. The first-order chi connectivity index (χ1) is 11.9. The van der Waals surface area contributed by atoms with Gasteiger partial charge in [0.1, 0.15) is 9.77 Å². The molecule has 25 heavy (non-hydrogen) atoms. The predicted molar refractivity (Wildman–Crippen MR) is 90.2 cm³/mol. The third-order valence-corrected chi connectivity index (χ3v) is 7.52. The van der Waals surface area contributed by atoms with Gasteiger partial charge in [-0.25, -0.2) is 8.42 Å². The molecule has 0 aromatic carbocycles. The van der Waals surface area contributed by atoms with Gasteiger partial charge < -0.3 is 14.7 Å². The Labute approximate surface area is 150 Å². The number of carbonyl (C=O) groups is 2. The molecule has 138 valence electrons. The SMILES string of the molecule is O=C(O)C1CCN(C(=O)c2sccc2S(=O)(=O)N2CCOCC2)CC1. The van der Waals surface area contributed by atoms with Crippen molar-refractivity contribution in [2.45, 2.75) is 17.7 Å². The second-order valence-corrected chi connectivity index (χ2v) is 8.86. The normalized spacial score (nSPS) is 20.6. The molecule has 0 spiro atoms. The second kappa shape index (κ2) is 7.40. The zero-order valence-corrected chi connectivity index (χ0v) is 15.2. The number of rotatable bonds is 4. The zero-order chi connectivity index (χ0) is 18.0. The lowest BCUT2D eigenvalue weighted by Gasteiger charge is -2.30. The number of hydrogen-bond acceptors (Lipinski definition) is 6. The molecule has 0 aliphatic carbocycles. The highest BCUT2D eigenvalue weighted by Gasteiger charge is 2.34. The molecular formula is C15H20N2O6S2. The number of carbonyl (C=O) groups excluding carboxylic acids is 1. The van der Waals surface area contributed by atoms with Crippen molar-refractivity contribution < 1.29 is 27.9 Å². The monoisotopic (exact) mass is 388 g/mol. The first-order valence-electron chi connectivity index (χ1n) is 8.08. The molecule has 3 heterocycles. The minimum atomic E-state index is -3.74. The Morgan fingerprint density at radius 1 is 1.16 bits per heavy atom. The minimum absolute atomic E-state index is 0.0322. The van der Waals surface area contributed by atoms with Crippen LogP contribution in [0, 0.1) is 5.92 Å². The van der Waals surface area contributed by atoms with Crippen molar-refractivity contribution in [1.82, 2.24) is 9.21 Å². The number of sulfonamides is 1. The molecule has 1 amide bonds. The Kier molecular flexibility index (Phi) is 5.42. The van der Waals surface area contributed by atoms with Crippen LogP contribution in [0.4, 0.5) is 0 Å². The van der Waals surface area contributed by atoms with Crippen LogP contribution in [0.15, 0.2) is 16.3 Å². The Morgan fingerprint density at radius 2 is 1.80 bits per heavy atom. The number of amides is 1. The molecule has 0 saturated carbocycles. The summed E-state index contributed by atoms with van der Waals surface area (Å²) < 4.78 is 32.2. The summed E-state index contributed by atoms with van der Waals surface area (Å²) in [5.74, 6) is -1.63. The van der Waals surface area contributed by atoms with E-state index in [1.807, 2.05) is 0 Å². The molecule has 2 aliphatic heterocycles. The second-order valence-electron chi connectivity index (χ2n) is 6.04. The van der Waals surface area contributed by atoms with Gasteiger partial charge >= 0.3 is 5.97 Å². The minimum Gasteiger partial charge on any atom is -0.481 e. The zero-order valence-electron chi connectivity index (χ0n) is 13.6. The van der Waals surface area contributed by atoms with E-state index >= 15 is 0 Å². The number of piperidine rings is 1. The molecule has 2 aliphatic rings. The quantitative estimate of drug-likeness (QED) is 0.814. The van der Waals surface area contributed by atoms with E-state index in [-0.39, 0.29) is 28.8 Å². The number of likely N-dealkylation sites (tertiary alicyclic amines) is 1. The van der Waals surface area contributed by atoms with E-state index in [4.69, 9.17) is 9.84 Å². The number of nitrogens with zero attached hydrogens (tertiary/aromatic N) is 2. The van der Waals surface area contributed by atoms with Crippen LogP contribution < -0.4 is 0 Å². The van der Waals surface area contributed by atoms with Crippen LogP contribution in [0.25, 0.3) is 0 Å². The molecular weight excluding hydrogens is 368 g/mol. The van der Waals surface area contributed by atoms with E-state index in [0.717, 1.165) is 11.3 Å². The Hall–Kier alpha value is -1.49. The number of aliphatic carboxylic acids is 1. The Balaban J connectivity index is 1.77. The third-order valence-electron chi connectivity index (χ3n) is 4.54. The molecule has 0 atom stereocenters. The first-order valence-corrected chi connectivity index (χ1v) is 10.4. The maximum atomic E-state index is 12.8. The molecule has 1 N–H and O–H groups in total. The van der Waals surface area contributed by atoms with Crippen molar-refractivity contribution >= 4 is 33.2 Å². The van der Waals surface area contributed by atoms with E-state index in [2.05, 4.69) is 0 Å². The summed E-state index contributed by atoms with van der Waals surface area (Å²) in [6, 6.07) is 1.46. The Morgan fingerprint density at radius 3 is 2.40 bits per heavy atom. The number of carboxylic acids is 1. The van der Waals surface area contributed by atoms with Gasteiger partial charge in [0.15, 0.2) is 0 Å². The first kappa shape index (κ1) is 18.3. The number of thiophene rings is 1. The highest BCUT2D eigenvalue weighted by molar-refractivity contribution is 7.89. The summed E-state index contributed by atoms with van der Waals surface area (Å²) in [6.07, 6.45) is 0.774. The average molecular weight is 388 g/mol. The highest BCUT2D eigenvalue weighted by Crippen LogP contribution is 2.28. The van der Waals surface area contributed by atoms with E-state index in [1.165, 1.54) is 10.4 Å². The molecule has 0 unspecified atom stereocenters. The fourth-order valence-electron chi connectivity index (χ4n) is 3.06. The summed E-state index contributed by atoms with van der Waals surface area (Å²) in [5.41, 5.74) is 0. The van der Waals surface area contributed by atoms with Crippen molar-refractivity contribution in [2.24, 2.45) is 5.92 Å². The topological polar surface area (TPSA) is 104 Å². The van der Waals surface area contributed by atoms with Crippen LogP contribution in [0.1, 0.15) is 22.5 Å². The summed E-state index contributed by atoms with van der Waals surface area (Å²) in [4.78, 5) is 25.6. The van der Waals surface area contributed by atoms with Gasteiger partial charge in [-0.2, -0.15) is 4.31 Å². The Bertz CT molecular complexity index is 746. The van der Waals surface area contributed by atoms with Crippen LogP contribution in [-0.4, -0.2) is 74.0 Å². The van der Waals surface area contributed by atoms with Crippen LogP contribution in [-0.2, 0) is 19.6 Å². The predicted octanol–water partition coefficient (Wildman–Crippen LogP) is 0.706. The summed E-state index contributed by atoms with van der Waals surface area (Å²) in [5, 5.41) is 10.6. The molecule has 0 bridgehead atoms. The fraction of sp³-hybridized carbons (Fsp3) is 0.600. The summed E-state index contributed by atoms with van der Waals surface area (Å²) in [7, 11) is -3.74. The van der Waals surface area contributed by atoms with E-state index in [1.54, 1.807) is 10.3 Å². The van der Waals surface area contributed by atoms with Crippen LogP contribution in [0.3, 0.4) is 0 Å². The molecule has 8 nitrogen and oxygen atoms in total. The van der Waals surface area contributed by atoms with Crippen molar-refractivity contribution in [3.05, 3.63) is 16.3 Å². The number of ether oxygens (including phenoxy) is 1. The van der Waals surface area contributed by atoms with Gasteiger partial charge in [0.25, 0.3) is 5.91 Å². The van der Waals surface area contributed by atoms with Crippen molar-refractivity contribution in [3.63, 3.8) is 0 Å². The maximum absolute atomic E-state index is 12.8. The summed E-state index contributed by atoms with van der Waals surface area (Å²) >= 11 is 1.10. The number of carboxylic acid groups (broad SMARTS) is 1. The van der Waals surface area contributed by atoms with Gasteiger partial charge in [0, 0.05) is 26.2 Å². The molecule has 2 fully saturated rings. The fourth-order valence-corrected chi connectivity index (χ4v) is 5.83. The van der Waals surface area contributed by atoms with E-state index < -0.39 is 21.9 Å². The third kappa shape index (κ3) is 3.71. The summed E-state index contributed by atoms with van der Waals surface area (Å²) in [6.45, 7) is 1.88. The molecule has 2 saturated heterocycles. The van der Waals surface area contributed by atoms with Crippen LogP contribution in [0.5, 0.6) is 0 Å². The van der Waals surface area contributed by atoms with Crippen LogP contribution in [0.2, 0.25) is 0 Å². The van der Waals surface area contributed by atoms with Gasteiger partial charge in [0.05, 0.1) is 19.1 Å². The van der Waals surface area contributed by atoms with Gasteiger partial charge in [0.2, 0.25) is 10.0 Å². The molecule has 3 rings (SSSR count). The molecule has 1 aromatic heterocycles. The van der Waals surface area contributed by atoms with Crippen molar-refractivity contribution in [2.75, 3.05) is 39.4 Å². The molecule has 1 aromatic rings. The van der Waals surface area contributed by atoms with Crippen molar-refractivity contribution in [3.8, 4) is 0 Å². The van der Waals surface area contributed by atoms with E-state index in [0.29, 0.717) is 39.1 Å². The number of morpholine rings is 1.